The molecule has 0 radical (unpaired) electrons. The molecule has 3 N–H and O–H groups in total. The molecule has 224 valence electrons. The van der Waals surface area contributed by atoms with Crippen molar-refractivity contribution in [2.45, 2.75) is 149 Å². The zero-order chi connectivity index (χ0) is 28.8. The molecule has 0 amide bonds. The van der Waals surface area contributed by atoms with E-state index in [4.69, 9.17) is 0 Å². The Labute approximate surface area is 240 Å². The van der Waals surface area contributed by atoms with Gasteiger partial charge in [0.1, 0.15) is 0 Å². The number of hydrogen-bond acceptors (Lipinski definition) is 4. The van der Waals surface area contributed by atoms with Crippen LogP contribution in [0.5, 0.6) is 0 Å². The summed E-state index contributed by atoms with van der Waals surface area (Å²) in [6, 6.07) is -0.258. The van der Waals surface area contributed by atoms with Crippen LogP contribution < -0.4 is 0 Å². The predicted molar refractivity (Wildman–Crippen MR) is 165 cm³/mol. The summed E-state index contributed by atoms with van der Waals surface area (Å²) >= 11 is 0. The van der Waals surface area contributed by atoms with E-state index in [-0.39, 0.29) is 6.04 Å². The van der Waals surface area contributed by atoms with E-state index in [2.05, 4.69) is 51.3 Å². The van der Waals surface area contributed by atoms with Crippen molar-refractivity contribution in [2.75, 3.05) is 13.1 Å². The van der Waals surface area contributed by atoms with Gasteiger partial charge in [0.25, 0.3) is 0 Å². The lowest BCUT2D eigenvalue weighted by Gasteiger charge is -2.44. The first-order valence-electron chi connectivity index (χ1n) is 16.3. The third-order valence-electron chi connectivity index (χ3n) is 10.6. The lowest BCUT2D eigenvalue weighted by molar-refractivity contribution is -0.0245. The molecule has 7 atom stereocenters. The van der Waals surface area contributed by atoms with Gasteiger partial charge >= 0.3 is 0 Å². The molecular weight excluding hydrogens is 482 g/mol. The van der Waals surface area contributed by atoms with Gasteiger partial charge < -0.3 is 15.3 Å². The molecule has 0 aromatic rings. The summed E-state index contributed by atoms with van der Waals surface area (Å²) in [5.74, 6) is 2.05. The number of nitrogens with zero attached hydrogens (tertiary/aromatic N) is 1. The van der Waals surface area contributed by atoms with E-state index in [1.807, 2.05) is 13.8 Å². The Hall–Kier alpha value is -0.940. The molecule has 0 saturated heterocycles. The Morgan fingerprint density at radius 1 is 1.08 bits per heavy atom. The van der Waals surface area contributed by atoms with Crippen LogP contribution in [0.15, 0.2) is 35.5 Å². The molecule has 3 aliphatic carbocycles. The summed E-state index contributed by atoms with van der Waals surface area (Å²) in [6.07, 6.45) is 17.7. The highest BCUT2D eigenvalue weighted by Crippen LogP contribution is 2.60. The minimum absolute atomic E-state index is 0.258. The molecule has 0 unspecified atom stereocenters. The van der Waals surface area contributed by atoms with Crippen LogP contribution in [0, 0.1) is 23.2 Å². The summed E-state index contributed by atoms with van der Waals surface area (Å²) in [7, 11) is 0. The Morgan fingerprint density at radius 3 is 2.36 bits per heavy atom. The fraction of sp³-hybridized carbons (Fsp3) is 0.829. The average Bonchev–Trinajstić information content (AvgIpc) is 3.23. The highest BCUT2D eigenvalue weighted by molar-refractivity contribution is 5.40. The fourth-order valence-corrected chi connectivity index (χ4v) is 8.31. The zero-order valence-electron chi connectivity index (χ0n) is 26.2. The van der Waals surface area contributed by atoms with E-state index in [1.165, 1.54) is 32.1 Å². The standard InChI is InChI=1S/C35H61NO3/c1-8-10-22-36(23-11-9-2)32-31(37)24-28(26(4)33(32)38)17-16-27-15-13-21-35(7)29(18-19-30(27)35)25(3)14-12-20-34(5,6)39/h16-17,25,29-33,37-39H,4,8-15,18-24H2,1-3,5-7H3/b27-16+,28-17-/t25-,29-,30+,31-,32+,33-,35-/m1/s1. The monoisotopic (exact) mass is 543 g/mol. The third-order valence-corrected chi connectivity index (χ3v) is 10.6. The van der Waals surface area contributed by atoms with Gasteiger partial charge in [-0.2, -0.15) is 0 Å². The van der Waals surface area contributed by atoms with Crippen molar-refractivity contribution < 1.29 is 15.3 Å². The molecule has 3 fully saturated rings. The second-order valence-corrected chi connectivity index (χ2v) is 14.2. The van der Waals surface area contributed by atoms with Crippen LogP contribution in [0.25, 0.3) is 0 Å². The minimum Gasteiger partial charge on any atom is -0.391 e. The van der Waals surface area contributed by atoms with Crippen LogP contribution in [0.1, 0.15) is 125 Å². The Morgan fingerprint density at radius 2 is 1.74 bits per heavy atom. The number of fused-ring (bicyclic) bond motifs is 1. The van der Waals surface area contributed by atoms with Crippen LogP contribution in [-0.4, -0.2) is 57.2 Å². The molecule has 3 rings (SSSR count). The summed E-state index contributed by atoms with van der Waals surface area (Å²) in [5, 5.41) is 32.7. The van der Waals surface area contributed by atoms with Crippen molar-refractivity contribution in [2.24, 2.45) is 23.2 Å². The Bertz CT molecular complexity index is 846. The van der Waals surface area contributed by atoms with Crippen molar-refractivity contribution in [3.05, 3.63) is 35.5 Å². The number of rotatable bonds is 13. The van der Waals surface area contributed by atoms with Crippen LogP contribution in [-0.2, 0) is 0 Å². The molecule has 0 aliphatic heterocycles. The van der Waals surface area contributed by atoms with Crippen LogP contribution in [0.2, 0.25) is 0 Å². The second kappa shape index (κ2) is 14.3. The van der Waals surface area contributed by atoms with E-state index < -0.39 is 17.8 Å². The molecule has 0 aromatic carbocycles. The maximum absolute atomic E-state index is 11.3. The van der Waals surface area contributed by atoms with Crippen molar-refractivity contribution >= 4 is 0 Å². The topological polar surface area (TPSA) is 63.9 Å². The number of unbranched alkanes of at least 4 members (excludes halogenated alkanes) is 2. The maximum atomic E-state index is 11.3. The number of allylic oxidation sites excluding steroid dienone is 3. The van der Waals surface area contributed by atoms with Crippen LogP contribution in [0.4, 0.5) is 0 Å². The predicted octanol–water partition coefficient (Wildman–Crippen LogP) is 7.59. The molecular formula is C35H61NO3. The quantitative estimate of drug-likeness (QED) is 0.224. The van der Waals surface area contributed by atoms with Gasteiger partial charge in [0.15, 0.2) is 0 Å². The summed E-state index contributed by atoms with van der Waals surface area (Å²) in [4.78, 5) is 2.32. The fourth-order valence-electron chi connectivity index (χ4n) is 8.31. The van der Waals surface area contributed by atoms with Gasteiger partial charge in [0.05, 0.1) is 23.9 Å². The number of hydrogen-bond donors (Lipinski definition) is 3. The van der Waals surface area contributed by atoms with Gasteiger partial charge in [-0.3, -0.25) is 4.90 Å². The van der Waals surface area contributed by atoms with Gasteiger partial charge in [-0.15, -0.1) is 0 Å². The minimum atomic E-state index is -0.718. The average molecular weight is 544 g/mol. The second-order valence-electron chi connectivity index (χ2n) is 14.2. The van der Waals surface area contributed by atoms with Gasteiger partial charge in [-0.25, -0.2) is 0 Å². The molecule has 39 heavy (non-hydrogen) atoms. The lowest BCUT2D eigenvalue weighted by Crippen LogP contribution is -2.55. The molecule has 3 saturated carbocycles. The number of aliphatic hydroxyl groups is 3. The number of aliphatic hydroxyl groups excluding tert-OH is 2. The van der Waals surface area contributed by atoms with Gasteiger partial charge in [0.2, 0.25) is 0 Å². The molecule has 3 aliphatic rings. The van der Waals surface area contributed by atoms with E-state index in [9.17, 15) is 15.3 Å². The van der Waals surface area contributed by atoms with Gasteiger partial charge in [-0.05, 0) is 113 Å². The van der Waals surface area contributed by atoms with E-state index in [0.717, 1.165) is 75.1 Å². The lowest BCUT2D eigenvalue weighted by atomic mass is 9.60. The molecule has 4 heteroatoms. The first kappa shape index (κ1) is 32.6. The first-order chi connectivity index (χ1) is 18.4. The third kappa shape index (κ3) is 8.09. The van der Waals surface area contributed by atoms with Crippen LogP contribution in [0.3, 0.4) is 0 Å². The van der Waals surface area contributed by atoms with Crippen molar-refractivity contribution in [3.63, 3.8) is 0 Å². The summed E-state index contributed by atoms with van der Waals surface area (Å²) in [6.45, 7) is 19.4. The van der Waals surface area contributed by atoms with E-state index in [0.29, 0.717) is 23.7 Å². The van der Waals surface area contributed by atoms with Crippen molar-refractivity contribution in [3.8, 4) is 0 Å². The normalized spacial score (nSPS) is 34.7. The SMILES string of the molecule is C=C1/C(=C\C=C2/CCC[C@]3(C)[C@@H]([C@H](C)CCCC(C)(C)O)CC[C@@H]23)C[C@@H](O)[C@H](N(CCCC)CCCC)[C@@H]1O. The highest BCUT2D eigenvalue weighted by atomic mass is 16.3. The largest absolute Gasteiger partial charge is 0.391 e. The smallest absolute Gasteiger partial charge is 0.0967 e. The van der Waals surface area contributed by atoms with Gasteiger partial charge in [0, 0.05) is 6.42 Å². The molecule has 0 aromatic heterocycles. The van der Waals surface area contributed by atoms with Crippen LogP contribution >= 0.6 is 0 Å². The Kier molecular flexibility index (Phi) is 11.9. The van der Waals surface area contributed by atoms with Crippen molar-refractivity contribution in [1.29, 1.82) is 0 Å². The maximum Gasteiger partial charge on any atom is 0.0967 e. The molecule has 0 heterocycles. The highest BCUT2D eigenvalue weighted by Gasteiger charge is 2.50. The molecule has 4 nitrogen and oxygen atoms in total. The zero-order valence-corrected chi connectivity index (χ0v) is 26.2. The molecule has 0 bridgehead atoms. The van der Waals surface area contributed by atoms with Crippen molar-refractivity contribution in [1.82, 2.24) is 4.90 Å². The Balaban J connectivity index is 1.71. The summed E-state index contributed by atoms with van der Waals surface area (Å²) < 4.78 is 0. The van der Waals surface area contributed by atoms with Gasteiger partial charge in [-0.1, -0.05) is 77.7 Å². The van der Waals surface area contributed by atoms with E-state index in [1.54, 1.807) is 5.57 Å². The first-order valence-corrected chi connectivity index (χ1v) is 16.3. The summed E-state index contributed by atoms with van der Waals surface area (Å²) in [5.41, 5.74) is 3.16. The van der Waals surface area contributed by atoms with E-state index >= 15 is 0 Å². The molecule has 0 spiro atoms.